The van der Waals surface area contributed by atoms with Crippen molar-refractivity contribution in [1.29, 1.82) is 0 Å². The van der Waals surface area contributed by atoms with Gasteiger partial charge in [0.2, 0.25) is 5.91 Å². The lowest BCUT2D eigenvalue weighted by molar-refractivity contribution is -0.131. The Labute approximate surface area is 157 Å². The molecule has 138 valence electrons. The third-order valence-corrected chi connectivity index (χ3v) is 4.78. The molecule has 0 aliphatic carbocycles. The molecule has 1 aromatic rings. The summed E-state index contributed by atoms with van der Waals surface area (Å²) in [6, 6.07) is 5.89. The average Bonchev–Trinajstić information content (AvgIpc) is 2.54. The van der Waals surface area contributed by atoms with Gasteiger partial charge in [0.15, 0.2) is 0 Å². The first-order valence-electron chi connectivity index (χ1n) is 8.41. The molecule has 1 aromatic carbocycles. The molecule has 0 spiro atoms. The van der Waals surface area contributed by atoms with E-state index in [1.54, 1.807) is 9.80 Å². The van der Waals surface area contributed by atoms with Crippen LogP contribution in [0, 0.1) is 6.92 Å². The molecule has 0 atom stereocenters. The molecule has 1 heterocycles. The third kappa shape index (κ3) is 5.92. The third-order valence-electron chi connectivity index (χ3n) is 3.89. The highest BCUT2D eigenvalue weighted by Crippen LogP contribution is 2.20. The molecule has 7 heteroatoms. The first-order chi connectivity index (χ1) is 11.7. The van der Waals surface area contributed by atoms with E-state index in [4.69, 9.17) is 4.74 Å². The lowest BCUT2D eigenvalue weighted by Gasteiger charge is -2.35. The highest BCUT2D eigenvalue weighted by molar-refractivity contribution is 9.10. The van der Waals surface area contributed by atoms with Crippen molar-refractivity contribution in [2.45, 2.75) is 33.3 Å². The van der Waals surface area contributed by atoms with Gasteiger partial charge in [0, 0.05) is 36.3 Å². The Morgan fingerprint density at radius 1 is 1.16 bits per heavy atom. The van der Waals surface area contributed by atoms with E-state index in [1.807, 2.05) is 45.9 Å². The first kappa shape index (κ1) is 19.6. The summed E-state index contributed by atoms with van der Waals surface area (Å²) in [6.07, 6.45) is -0.317. The fraction of sp³-hybridized carbons (Fsp3) is 0.556. The van der Waals surface area contributed by atoms with Crippen molar-refractivity contribution in [3.05, 3.63) is 28.2 Å². The zero-order valence-electron chi connectivity index (χ0n) is 15.3. The molecule has 0 saturated carbocycles. The van der Waals surface area contributed by atoms with E-state index in [9.17, 15) is 9.59 Å². The number of anilines is 1. The minimum absolute atomic E-state index is 0.0319. The summed E-state index contributed by atoms with van der Waals surface area (Å²) >= 11 is 3.46. The van der Waals surface area contributed by atoms with Crippen molar-refractivity contribution in [1.82, 2.24) is 9.80 Å². The minimum Gasteiger partial charge on any atom is -0.444 e. The van der Waals surface area contributed by atoms with E-state index in [0.29, 0.717) is 26.2 Å². The molecule has 25 heavy (non-hydrogen) atoms. The predicted molar refractivity (Wildman–Crippen MR) is 102 cm³/mol. The van der Waals surface area contributed by atoms with Gasteiger partial charge in [-0.15, -0.1) is 0 Å². The van der Waals surface area contributed by atoms with Gasteiger partial charge in [-0.2, -0.15) is 0 Å². The van der Waals surface area contributed by atoms with Crippen molar-refractivity contribution in [3.63, 3.8) is 0 Å². The largest absolute Gasteiger partial charge is 0.444 e. The summed E-state index contributed by atoms with van der Waals surface area (Å²) < 4.78 is 6.41. The Kier molecular flexibility index (Phi) is 6.32. The quantitative estimate of drug-likeness (QED) is 0.828. The number of piperazine rings is 1. The highest BCUT2D eigenvalue weighted by Gasteiger charge is 2.27. The van der Waals surface area contributed by atoms with Gasteiger partial charge in [0.25, 0.3) is 0 Å². The second-order valence-corrected chi connectivity index (χ2v) is 8.02. The number of aryl methyl sites for hydroxylation is 1. The number of benzene rings is 1. The second kappa shape index (κ2) is 8.08. The van der Waals surface area contributed by atoms with Gasteiger partial charge in [0.1, 0.15) is 5.60 Å². The van der Waals surface area contributed by atoms with Crippen LogP contribution in [0.5, 0.6) is 0 Å². The molecule has 1 saturated heterocycles. The van der Waals surface area contributed by atoms with Crippen molar-refractivity contribution >= 4 is 33.6 Å². The lowest BCUT2D eigenvalue weighted by atomic mass is 10.2. The number of hydrogen-bond acceptors (Lipinski definition) is 4. The van der Waals surface area contributed by atoms with E-state index >= 15 is 0 Å². The Morgan fingerprint density at radius 2 is 1.76 bits per heavy atom. The van der Waals surface area contributed by atoms with Gasteiger partial charge in [-0.3, -0.25) is 4.79 Å². The molecular formula is C18H26BrN3O3. The van der Waals surface area contributed by atoms with Crippen molar-refractivity contribution in [2.75, 3.05) is 38.0 Å². The zero-order chi connectivity index (χ0) is 18.6. The van der Waals surface area contributed by atoms with Crippen LogP contribution in [0.4, 0.5) is 10.5 Å². The summed E-state index contributed by atoms with van der Waals surface area (Å²) in [6.45, 7) is 9.84. The molecular weight excluding hydrogens is 386 g/mol. The topological polar surface area (TPSA) is 61.9 Å². The van der Waals surface area contributed by atoms with Gasteiger partial charge >= 0.3 is 6.09 Å². The summed E-state index contributed by atoms with van der Waals surface area (Å²) in [5.74, 6) is 0.0319. The van der Waals surface area contributed by atoms with Crippen LogP contribution < -0.4 is 5.32 Å². The average molecular weight is 412 g/mol. The molecule has 1 aliphatic rings. The van der Waals surface area contributed by atoms with Crippen LogP contribution in [0.3, 0.4) is 0 Å². The maximum absolute atomic E-state index is 12.3. The Morgan fingerprint density at radius 3 is 2.32 bits per heavy atom. The molecule has 0 radical (unpaired) electrons. The molecule has 2 rings (SSSR count). The van der Waals surface area contributed by atoms with Gasteiger partial charge in [-0.1, -0.05) is 15.9 Å². The van der Waals surface area contributed by atoms with Gasteiger partial charge < -0.3 is 19.9 Å². The van der Waals surface area contributed by atoms with Crippen molar-refractivity contribution < 1.29 is 14.3 Å². The summed E-state index contributed by atoms with van der Waals surface area (Å²) in [5.41, 5.74) is 1.53. The lowest BCUT2D eigenvalue weighted by Crippen LogP contribution is -2.52. The number of hydrogen-bond donors (Lipinski definition) is 1. The predicted octanol–water partition coefficient (Wildman–Crippen LogP) is 3.25. The smallest absolute Gasteiger partial charge is 0.410 e. The summed E-state index contributed by atoms with van der Waals surface area (Å²) in [5, 5.41) is 3.16. The van der Waals surface area contributed by atoms with E-state index in [0.717, 1.165) is 15.7 Å². The van der Waals surface area contributed by atoms with E-state index in [1.165, 1.54) is 0 Å². The maximum atomic E-state index is 12.3. The molecule has 0 bridgehead atoms. The highest BCUT2D eigenvalue weighted by atomic mass is 79.9. The van der Waals surface area contributed by atoms with Crippen LogP contribution >= 0.6 is 15.9 Å². The number of halogens is 1. The molecule has 2 amide bonds. The van der Waals surface area contributed by atoms with Crippen LogP contribution in [0.15, 0.2) is 22.7 Å². The van der Waals surface area contributed by atoms with Crippen LogP contribution in [0.1, 0.15) is 26.3 Å². The maximum Gasteiger partial charge on any atom is 0.410 e. The molecule has 0 unspecified atom stereocenters. The zero-order valence-corrected chi connectivity index (χ0v) is 16.9. The van der Waals surface area contributed by atoms with Crippen LogP contribution in [-0.2, 0) is 9.53 Å². The normalized spacial score (nSPS) is 15.1. The molecule has 1 aliphatic heterocycles. The van der Waals surface area contributed by atoms with Gasteiger partial charge in [0.05, 0.1) is 6.54 Å². The minimum atomic E-state index is -0.503. The SMILES string of the molecule is Cc1cc(NCC(=O)N2CCN(C(=O)OC(C)(C)C)CC2)ccc1Br. The second-order valence-electron chi connectivity index (χ2n) is 7.17. The fourth-order valence-corrected chi connectivity index (χ4v) is 2.76. The van der Waals surface area contributed by atoms with Crippen molar-refractivity contribution in [2.24, 2.45) is 0 Å². The van der Waals surface area contributed by atoms with E-state index in [2.05, 4.69) is 21.2 Å². The number of amides is 2. The molecule has 1 fully saturated rings. The van der Waals surface area contributed by atoms with Gasteiger partial charge in [-0.25, -0.2) is 4.79 Å². The van der Waals surface area contributed by atoms with Crippen LogP contribution in [0.25, 0.3) is 0 Å². The molecule has 6 nitrogen and oxygen atoms in total. The van der Waals surface area contributed by atoms with Crippen LogP contribution in [-0.4, -0.2) is 60.1 Å². The number of nitrogens with zero attached hydrogens (tertiary/aromatic N) is 2. The summed E-state index contributed by atoms with van der Waals surface area (Å²) in [4.78, 5) is 27.8. The number of carbonyl (C=O) groups excluding carboxylic acids is 2. The Hall–Kier alpha value is -1.76. The van der Waals surface area contributed by atoms with E-state index in [-0.39, 0.29) is 18.5 Å². The monoisotopic (exact) mass is 411 g/mol. The van der Waals surface area contributed by atoms with E-state index < -0.39 is 5.60 Å². The number of nitrogens with one attached hydrogen (secondary N) is 1. The summed E-state index contributed by atoms with van der Waals surface area (Å²) in [7, 11) is 0. The molecule has 1 N–H and O–H groups in total. The molecule has 0 aromatic heterocycles. The number of rotatable bonds is 3. The fourth-order valence-electron chi connectivity index (χ4n) is 2.51. The van der Waals surface area contributed by atoms with Crippen LogP contribution in [0.2, 0.25) is 0 Å². The Balaban J connectivity index is 1.79. The Bertz CT molecular complexity index is 635. The number of ether oxygens (including phenoxy) is 1. The number of carbonyl (C=O) groups is 2. The van der Waals surface area contributed by atoms with Gasteiger partial charge in [-0.05, 0) is 51.5 Å². The standard InChI is InChI=1S/C18H26BrN3O3/c1-13-11-14(5-6-15(13)19)20-12-16(23)21-7-9-22(10-8-21)17(24)25-18(2,3)4/h5-6,11,20H,7-10,12H2,1-4H3. The first-order valence-corrected chi connectivity index (χ1v) is 9.21. The van der Waals surface area contributed by atoms with Crippen molar-refractivity contribution in [3.8, 4) is 0 Å².